The molecule has 1 fully saturated rings. The van der Waals surface area contributed by atoms with Crippen LogP contribution in [-0.2, 0) is 20.0 Å². The molecule has 226 valence electrons. The first-order valence-corrected chi connectivity index (χ1v) is 15.0. The van der Waals surface area contributed by atoms with Crippen LogP contribution in [0.2, 0.25) is 0 Å². The molecule has 0 unspecified atom stereocenters. The minimum absolute atomic E-state index is 0.0861. The number of hydrogen-bond acceptors (Lipinski definition) is 7. The van der Waals surface area contributed by atoms with Gasteiger partial charge in [0.2, 0.25) is 0 Å². The van der Waals surface area contributed by atoms with Crippen LogP contribution in [0.5, 0.6) is 5.75 Å². The monoisotopic (exact) mass is 595 g/mol. The highest BCUT2D eigenvalue weighted by molar-refractivity contribution is 5.99. The lowest BCUT2D eigenvalue weighted by atomic mass is 10.0. The van der Waals surface area contributed by atoms with E-state index >= 15 is 0 Å². The number of nitrogens with zero attached hydrogens (tertiary/aromatic N) is 8. The summed E-state index contributed by atoms with van der Waals surface area (Å²) in [5, 5.41) is 10.5. The third kappa shape index (κ3) is 4.87. The van der Waals surface area contributed by atoms with E-state index in [9.17, 15) is 14.4 Å². The van der Waals surface area contributed by atoms with Crippen LogP contribution in [0, 0.1) is 17.2 Å². The molecule has 4 aromatic heterocycles. The van der Waals surface area contributed by atoms with Gasteiger partial charge in [0, 0.05) is 38.5 Å². The Kier molecular flexibility index (Phi) is 7.05. The van der Waals surface area contributed by atoms with E-state index < -0.39 is 12.7 Å². The van der Waals surface area contributed by atoms with Crippen molar-refractivity contribution >= 4 is 28.0 Å². The normalized spacial score (nSPS) is 16.3. The van der Waals surface area contributed by atoms with Crippen molar-refractivity contribution in [2.24, 2.45) is 18.7 Å². The molecular weight excluding hydrogens is 561 g/mol. The first-order valence-electron chi connectivity index (χ1n) is 15.0. The maximum absolute atomic E-state index is 13.3. The number of halogens is 1. The van der Waals surface area contributed by atoms with Crippen LogP contribution in [0.1, 0.15) is 47.6 Å². The fourth-order valence-electron chi connectivity index (χ4n) is 6.15. The number of pyridine rings is 1. The molecule has 0 spiro atoms. The first kappa shape index (κ1) is 28.0. The van der Waals surface area contributed by atoms with Crippen LogP contribution in [0.4, 0.5) is 4.39 Å². The number of rotatable bonds is 10. The fraction of sp³-hybridized carbons (Fsp3) is 0.406. The number of aromatic nitrogens is 6. The van der Waals surface area contributed by atoms with Crippen LogP contribution in [0.15, 0.2) is 42.9 Å². The van der Waals surface area contributed by atoms with Crippen LogP contribution in [0.25, 0.3) is 33.6 Å². The summed E-state index contributed by atoms with van der Waals surface area (Å²) in [6.45, 7) is 3.17. The second-order valence-corrected chi connectivity index (χ2v) is 12.0. The Morgan fingerprint density at radius 2 is 2.09 bits per heavy atom. The molecule has 0 saturated heterocycles. The van der Waals surface area contributed by atoms with Crippen molar-refractivity contribution < 1.29 is 13.9 Å². The number of fused-ring (bicyclic) bond motifs is 3. The Hall–Kier alpha value is -4.76. The number of carbonyl (C=O) groups is 1. The number of aryl methyl sites for hydroxylation is 1. The molecule has 1 aliphatic heterocycles. The number of amides is 1. The average Bonchev–Trinajstić information content (AvgIpc) is 3.45. The summed E-state index contributed by atoms with van der Waals surface area (Å²) in [5.41, 5.74) is 10.8. The number of ether oxygens (including phenoxy) is 1. The van der Waals surface area contributed by atoms with E-state index in [1.165, 1.54) is 12.8 Å². The standard InChI is InChI=1S/C32H34FN9O2/c1-19(42-18-36-14-23(42)13-34)17-44-28-5-3-4-21-10-27(41(29(21)28)15-20-6-7-20)31-38-26-11-24-25(37-30(26)39(31)2)8-9-40(32(24)43)16-22(35)12-33/h3-5,10-11,14,18-20,22H,6-9,12,15-17,35H2,1-2H3/t19-,22+/m0/s1. The lowest BCUT2D eigenvalue weighted by molar-refractivity contribution is 0.0723. The SMILES string of the molecule is C[C@@H](COc1cccc2cc(-c3nc4cc5c(nc4n3C)CCN(C[C@H](N)CF)C5=O)n(CC3CC3)c12)n1cncc1C#N. The molecule has 12 heteroatoms. The Morgan fingerprint density at radius 1 is 1.25 bits per heavy atom. The van der Waals surface area contributed by atoms with Gasteiger partial charge >= 0.3 is 0 Å². The highest BCUT2D eigenvalue weighted by Crippen LogP contribution is 2.39. The molecule has 1 amide bonds. The summed E-state index contributed by atoms with van der Waals surface area (Å²) < 4.78 is 25.6. The van der Waals surface area contributed by atoms with Gasteiger partial charge in [-0.15, -0.1) is 0 Å². The second-order valence-electron chi connectivity index (χ2n) is 12.0. The number of imidazole rings is 2. The molecule has 7 rings (SSSR count). The number of alkyl halides is 1. The lowest BCUT2D eigenvalue weighted by Gasteiger charge is -2.29. The zero-order valence-electron chi connectivity index (χ0n) is 24.8. The van der Waals surface area contributed by atoms with Crippen molar-refractivity contribution in [3.8, 4) is 23.3 Å². The Morgan fingerprint density at radius 3 is 2.86 bits per heavy atom. The first-order chi connectivity index (χ1) is 21.4. The van der Waals surface area contributed by atoms with Crippen molar-refractivity contribution in [3.63, 3.8) is 0 Å². The highest BCUT2D eigenvalue weighted by atomic mass is 19.1. The minimum Gasteiger partial charge on any atom is -0.489 e. The number of hydrogen-bond donors (Lipinski definition) is 1. The van der Waals surface area contributed by atoms with Gasteiger partial charge in [-0.05, 0) is 43.9 Å². The van der Waals surface area contributed by atoms with E-state index in [1.54, 1.807) is 17.4 Å². The zero-order valence-corrected chi connectivity index (χ0v) is 24.8. The Labute approximate surface area is 253 Å². The summed E-state index contributed by atoms with van der Waals surface area (Å²) in [5.74, 6) is 1.92. The molecular formula is C32H34FN9O2. The maximum Gasteiger partial charge on any atom is 0.255 e. The predicted molar refractivity (Wildman–Crippen MR) is 163 cm³/mol. The van der Waals surface area contributed by atoms with E-state index in [2.05, 4.69) is 27.8 Å². The van der Waals surface area contributed by atoms with Gasteiger partial charge in [0.05, 0.1) is 47.1 Å². The molecule has 11 nitrogen and oxygen atoms in total. The molecule has 1 aliphatic carbocycles. The third-order valence-electron chi connectivity index (χ3n) is 8.70. The quantitative estimate of drug-likeness (QED) is 0.258. The van der Waals surface area contributed by atoms with Crippen LogP contribution in [-0.4, -0.2) is 71.9 Å². The van der Waals surface area contributed by atoms with Crippen LogP contribution >= 0.6 is 0 Å². The molecule has 44 heavy (non-hydrogen) atoms. The number of benzene rings is 1. The van der Waals surface area contributed by atoms with Gasteiger partial charge in [-0.3, -0.25) is 4.79 Å². The smallest absolute Gasteiger partial charge is 0.255 e. The summed E-state index contributed by atoms with van der Waals surface area (Å²) in [6.07, 6.45) is 6.15. The van der Waals surface area contributed by atoms with Crippen molar-refractivity contribution in [1.29, 1.82) is 5.26 Å². The van der Waals surface area contributed by atoms with Crippen LogP contribution < -0.4 is 10.5 Å². The zero-order chi connectivity index (χ0) is 30.5. The molecule has 1 saturated carbocycles. The van der Waals surface area contributed by atoms with Gasteiger partial charge < -0.3 is 29.1 Å². The van der Waals surface area contributed by atoms with E-state index in [0.29, 0.717) is 47.9 Å². The topological polar surface area (TPSA) is 133 Å². The van der Waals surface area contributed by atoms with E-state index in [4.69, 9.17) is 20.4 Å². The van der Waals surface area contributed by atoms with Gasteiger partial charge in [-0.2, -0.15) is 5.26 Å². The summed E-state index contributed by atoms with van der Waals surface area (Å²) in [7, 11) is 1.96. The molecule has 5 aromatic rings. The fourth-order valence-corrected chi connectivity index (χ4v) is 6.15. The predicted octanol–water partition coefficient (Wildman–Crippen LogP) is 4.00. The third-order valence-corrected chi connectivity index (χ3v) is 8.70. The van der Waals surface area contributed by atoms with Crippen molar-refractivity contribution in [2.75, 3.05) is 26.4 Å². The molecule has 0 radical (unpaired) electrons. The summed E-state index contributed by atoms with van der Waals surface area (Å²) >= 11 is 0. The lowest BCUT2D eigenvalue weighted by Crippen LogP contribution is -2.45. The highest BCUT2D eigenvalue weighted by Gasteiger charge is 2.30. The van der Waals surface area contributed by atoms with Gasteiger partial charge in [0.25, 0.3) is 5.91 Å². The number of nitrogens with two attached hydrogens (primary N) is 1. The number of nitriles is 1. The minimum atomic E-state index is -0.704. The van der Waals surface area contributed by atoms with Crippen molar-refractivity contribution in [3.05, 3.63) is 59.8 Å². The molecule has 2 N–H and O–H groups in total. The molecule has 2 atom stereocenters. The molecule has 2 aliphatic rings. The summed E-state index contributed by atoms with van der Waals surface area (Å²) in [4.78, 5) is 28.9. The van der Waals surface area contributed by atoms with Crippen molar-refractivity contribution in [1.82, 2.24) is 33.6 Å². The van der Waals surface area contributed by atoms with Crippen LogP contribution in [0.3, 0.4) is 0 Å². The number of carbonyl (C=O) groups excluding carboxylic acids is 1. The maximum atomic E-state index is 13.3. The molecule has 5 heterocycles. The van der Waals surface area contributed by atoms with Gasteiger partial charge in [0.1, 0.15) is 36.3 Å². The van der Waals surface area contributed by atoms with Gasteiger partial charge in [-0.1, -0.05) is 12.1 Å². The Balaban J connectivity index is 1.27. The van der Waals surface area contributed by atoms with Crippen molar-refractivity contribution in [2.45, 2.75) is 44.8 Å². The largest absolute Gasteiger partial charge is 0.489 e. The van der Waals surface area contributed by atoms with Gasteiger partial charge in [-0.25, -0.2) is 19.3 Å². The van der Waals surface area contributed by atoms with E-state index in [1.807, 2.05) is 41.3 Å². The second kappa shape index (κ2) is 11.1. The number of para-hydroxylation sites is 1. The summed E-state index contributed by atoms with van der Waals surface area (Å²) in [6, 6.07) is 11.4. The van der Waals surface area contributed by atoms with Gasteiger partial charge in [0.15, 0.2) is 11.5 Å². The average molecular weight is 596 g/mol. The van der Waals surface area contributed by atoms with E-state index in [-0.39, 0.29) is 18.5 Å². The molecule has 1 aromatic carbocycles. The van der Waals surface area contributed by atoms with E-state index in [0.717, 1.165) is 40.4 Å². The Bertz CT molecular complexity index is 1930. The molecule has 0 bridgehead atoms.